The molecule has 0 amide bonds. The Labute approximate surface area is 200 Å². The third kappa shape index (κ3) is 7.12. The summed E-state index contributed by atoms with van der Waals surface area (Å²) in [5, 5.41) is 3.59. The van der Waals surface area contributed by atoms with Gasteiger partial charge in [0, 0.05) is 11.6 Å². The lowest BCUT2D eigenvalue weighted by Crippen LogP contribution is -2.33. The highest BCUT2D eigenvalue weighted by atomic mass is 16.5. The van der Waals surface area contributed by atoms with Crippen LogP contribution in [0.2, 0.25) is 0 Å². The van der Waals surface area contributed by atoms with Crippen molar-refractivity contribution in [1.82, 2.24) is 5.32 Å². The second-order valence-corrected chi connectivity index (χ2v) is 9.08. The van der Waals surface area contributed by atoms with Crippen LogP contribution in [0.4, 0.5) is 0 Å². The van der Waals surface area contributed by atoms with E-state index in [0.29, 0.717) is 5.92 Å². The van der Waals surface area contributed by atoms with Gasteiger partial charge in [-0.2, -0.15) is 0 Å². The first kappa shape index (κ1) is 25.4. The highest BCUT2D eigenvalue weighted by Crippen LogP contribution is 2.43. The van der Waals surface area contributed by atoms with Crippen LogP contribution in [0.1, 0.15) is 67.6 Å². The first-order valence-corrected chi connectivity index (χ1v) is 12.5. The Balaban J connectivity index is 1.30. The van der Waals surface area contributed by atoms with Gasteiger partial charge < -0.3 is 25.3 Å². The number of fused-ring (bicyclic) bond motifs is 1. The van der Waals surface area contributed by atoms with E-state index < -0.39 is 0 Å². The average Bonchev–Trinajstić information content (AvgIpc) is 2.85. The maximum absolute atomic E-state index is 6.53. The number of rotatable bonds is 14. The van der Waals surface area contributed by atoms with Gasteiger partial charge in [0.05, 0.1) is 21.3 Å². The highest BCUT2D eigenvalue weighted by Gasteiger charge is 2.29. The molecule has 1 aliphatic rings. The molecule has 0 radical (unpaired) electrons. The molecule has 3 N–H and O–H groups in total. The number of methoxy groups -OCH3 is 3. The maximum atomic E-state index is 6.53. The minimum absolute atomic E-state index is 0.239. The topological polar surface area (TPSA) is 65.7 Å². The second-order valence-electron chi connectivity index (χ2n) is 9.08. The van der Waals surface area contributed by atoms with Gasteiger partial charge in [-0.1, -0.05) is 37.5 Å². The SMILES string of the molecule is COc1ccc(CCCNCCCCCCC2c3ccc(OC)c(OC)c3CCC2N)cc1. The third-order valence-electron chi connectivity index (χ3n) is 6.93. The Morgan fingerprint density at radius 1 is 0.848 bits per heavy atom. The van der Waals surface area contributed by atoms with Gasteiger partial charge in [0.2, 0.25) is 0 Å². The van der Waals surface area contributed by atoms with Crippen molar-refractivity contribution in [3.05, 3.63) is 53.1 Å². The normalized spacial score (nSPS) is 17.5. The lowest BCUT2D eigenvalue weighted by atomic mass is 9.76. The van der Waals surface area contributed by atoms with E-state index in [4.69, 9.17) is 19.9 Å². The molecule has 5 nitrogen and oxygen atoms in total. The summed E-state index contributed by atoms with van der Waals surface area (Å²) < 4.78 is 16.4. The van der Waals surface area contributed by atoms with E-state index in [2.05, 4.69) is 23.5 Å². The molecule has 0 heterocycles. The quantitative estimate of drug-likeness (QED) is 0.382. The zero-order valence-corrected chi connectivity index (χ0v) is 20.7. The molecule has 1 aliphatic carbocycles. The van der Waals surface area contributed by atoms with E-state index in [-0.39, 0.29) is 6.04 Å². The average molecular weight is 455 g/mol. The summed E-state index contributed by atoms with van der Waals surface area (Å²) in [5.74, 6) is 3.06. The number of hydrogen-bond donors (Lipinski definition) is 2. The Bertz CT molecular complexity index is 838. The zero-order chi connectivity index (χ0) is 23.5. The predicted molar refractivity (Wildman–Crippen MR) is 136 cm³/mol. The molecule has 0 aliphatic heterocycles. The maximum Gasteiger partial charge on any atom is 0.164 e. The molecular formula is C28H42N2O3. The molecule has 2 unspecified atom stereocenters. The Morgan fingerprint density at radius 3 is 2.33 bits per heavy atom. The number of nitrogens with two attached hydrogens (primary N) is 1. The molecule has 0 aromatic heterocycles. The summed E-state index contributed by atoms with van der Waals surface area (Å²) in [4.78, 5) is 0. The van der Waals surface area contributed by atoms with Crippen LogP contribution in [-0.4, -0.2) is 40.5 Å². The van der Waals surface area contributed by atoms with Crippen LogP contribution >= 0.6 is 0 Å². The zero-order valence-electron chi connectivity index (χ0n) is 20.7. The Hall–Kier alpha value is -2.24. The van der Waals surface area contributed by atoms with Crippen LogP contribution in [0.5, 0.6) is 17.2 Å². The minimum atomic E-state index is 0.239. The van der Waals surface area contributed by atoms with E-state index in [9.17, 15) is 0 Å². The third-order valence-corrected chi connectivity index (χ3v) is 6.93. The molecule has 33 heavy (non-hydrogen) atoms. The van der Waals surface area contributed by atoms with E-state index >= 15 is 0 Å². The number of unbranched alkanes of at least 4 members (excludes halogenated alkanes) is 3. The first-order valence-electron chi connectivity index (χ1n) is 12.5. The van der Waals surface area contributed by atoms with Gasteiger partial charge in [0.15, 0.2) is 11.5 Å². The molecule has 0 saturated carbocycles. The summed E-state index contributed by atoms with van der Waals surface area (Å²) in [6.07, 6.45) is 10.4. The van der Waals surface area contributed by atoms with E-state index in [0.717, 1.165) is 56.0 Å². The van der Waals surface area contributed by atoms with Crippen molar-refractivity contribution in [3.8, 4) is 17.2 Å². The van der Waals surface area contributed by atoms with Crippen molar-refractivity contribution in [2.45, 2.75) is 69.7 Å². The monoisotopic (exact) mass is 454 g/mol. The summed E-state index contributed by atoms with van der Waals surface area (Å²) in [6.45, 7) is 2.18. The summed E-state index contributed by atoms with van der Waals surface area (Å²) in [7, 11) is 5.14. The molecule has 2 aromatic rings. The molecule has 0 saturated heterocycles. The van der Waals surface area contributed by atoms with Crippen LogP contribution in [0, 0.1) is 0 Å². The molecule has 2 atom stereocenters. The smallest absolute Gasteiger partial charge is 0.164 e. The van der Waals surface area contributed by atoms with Gasteiger partial charge in [-0.05, 0) is 86.9 Å². The fraction of sp³-hybridized carbons (Fsp3) is 0.571. The van der Waals surface area contributed by atoms with E-state index in [1.165, 1.54) is 48.8 Å². The van der Waals surface area contributed by atoms with Crippen molar-refractivity contribution in [2.75, 3.05) is 34.4 Å². The van der Waals surface area contributed by atoms with Crippen molar-refractivity contribution in [3.63, 3.8) is 0 Å². The van der Waals surface area contributed by atoms with Crippen molar-refractivity contribution in [2.24, 2.45) is 5.73 Å². The highest BCUT2D eigenvalue weighted by molar-refractivity contribution is 5.53. The predicted octanol–water partition coefficient (Wildman–Crippen LogP) is 5.24. The number of ether oxygens (including phenoxy) is 3. The Morgan fingerprint density at radius 2 is 1.61 bits per heavy atom. The van der Waals surface area contributed by atoms with E-state index in [1.54, 1.807) is 21.3 Å². The van der Waals surface area contributed by atoms with Gasteiger partial charge in [-0.3, -0.25) is 0 Å². The standard InChI is InChI=1S/C28H42N2O3/c1-31-22-13-11-21(12-14-22)9-8-20-30-19-7-5-4-6-10-24-23-16-18-27(32-2)28(33-3)25(23)15-17-26(24)29/h11-14,16,18,24,26,30H,4-10,15,17,19-20,29H2,1-3H3. The van der Waals surface area contributed by atoms with Gasteiger partial charge in [-0.15, -0.1) is 0 Å². The number of nitrogens with one attached hydrogen (secondary N) is 1. The van der Waals surface area contributed by atoms with Crippen molar-refractivity contribution >= 4 is 0 Å². The molecule has 0 bridgehead atoms. The summed E-state index contributed by atoms with van der Waals surface area (Å²) >= 11 is 0. The van der Waals surface area contributed by atoms with Crippen LogP contribution in [0.15, 0.2) is 36.4 Å². The van der Waals surface area contributed by atoms with E-state index in [1.807, 2.05) is 18.2 Å². The van der Waals surface area contributed by atoms with Gasteiger partial charge in [0.25, 0.3) is 0 Å². The van der Waals surface area contributed by atoms with Crippen LogP contribution in [-0.2, 0) is 12.8 Å². The molecule has 5 heteroatoms. The van der Waals surface area contributed by atoms with Crippen LogP contribution in [0.25, 0.3) is 0 Å². The molecule has 0 fully saturated rings. The molecule has 3 rings (SSSR count). The molecule has 0 spiro atoms. The fourth-order valence-corrected chi connectivity index (χ4v) is 5.03. The summed E-state index contributed by atoms with van der Waals surface area (Å²) in [6, 6.07) is 12.9. The van der Waals surface area contributed by atoms with Gasteiger partial charge in [0.1, 0.15) is 5.75 Å². The Kier molecular flexibility index (Phi) is 10.4. The minimum Gasteiger partial charge on any atom is -0.497 e. The second kappa shape index (κ2) is 13.5. The van der Waals surface area contributed by atoms with Crippen LogP contribution < -0.4 is 25.3 Å². The first-order chi connectivity index (χ1) is 16.2. The van der Waals surface area contributed by atoms with Gasteiger partial charge in [-0.25, -0.2) is 0 Å². The largest absolute Gasteiger partial charge is 0.497 e. The van der Waals surface area contributed by atoms with Gasteiger partial charge >= 0.3 is 0 Å². The van der Waals surface area contributed by atoms with Crippen molar-refractivity contribution in [1.29, 1.82) is 0 Å². The summed E-state index contributed by atoms with van der Waals surface area (Å²) in [5.41, 5.74) is 10.6. The number of benzene rings is 2. The number of aryl methyl sites for hydroxylation is 1. The molecular weight excluding hydrogens is 412 g/mol. The molecule has 2 aromatic carbocycles. The lowest BCUT2D eigenvalue weighted by molar-refractivity contribution is 0.343. The fourth-order valence-electron chi connectivity index (χ4n) is 5.03. The number of hydrogen-bond acceptors (Lipinski definition) is 5. The molecule has 182 valence electrons. The van der Waals surface area contributed by atoms with Crippen molar-refractivity contribution < 1.29 is 14.2 Å². The van der Waals surface area contributed by atoms with Crippen LogP contribution in [0.3, 0.4) is 0 Å². The lowest BCUT2D eigenvalue weighted by Gasteiger charge is -2.32.